The SMILES string of the molecule is CN(CC1CCCN1C)c1ccncc1CNC(C)(C)C. The standard InChI is InChI=1S/C17H30N4/c1-17(2,3)19-12-14-11-18-9-8-16(14)21(5)13-15-7-6-10-20(15)4/h8-9,11,15,19H,6-7,10,12-13H2,1-5H3. The van der Waals surface area contributed by atoms with E-state index < -0.39 is 0 Å². The smallest absolute Gasteiger partial charge is 0.0440 e. The summed E-state index contributed by atoms with van der Waals surface area (Å²) in [6.07, 6.45) is 6.51. The van der Waals surface area contributed by atoms with Crippen molar-refractivity contribution in [1.29, 1.82) is 0 Å². The van der Waals surface area contributed by atoms with Gasteiger partial charge in [-0.2, -0.15) is 0 Å². The molecule has 21 heavy (non-hydrogen) atoms. The van der Waals surface area contributed by atoms with Crippen LogP contribution in [0.1, 0.15) is 39.2 Å². The number of hydrogen-bond acceptors (Lipinski definition) is 4. The van der Waals surface area contributed by atoms with E-state index >= 15 is 0 Å². The average Bonchev–Trinajstić information content (AvgIpc) is 2.81. The summed E-state index contributed by atoms with van der Waals surface area (Å²) in [5.41, 5.74) is 2.69. The van der Waals surface area contributed by atoms with Crippen LogP contribution in [0.15, 0.2) is 18.5 Å². The molecule has 0 aliphatic carbocycles. The van der Waals surface area contributed by atoms with Crippen LogP contribution in [0.5, 0.6) is 0 Å². The van der Waals surface area contributed by atoms with Gasteiger partial charge in [0.25, 0.3) is 0 Å². The Morgan fingerprint density at radius 2 is 2.19 bits per heavy atom. The van der Waals surface area contributed by atoms with Gasteiger partial charge >= 0.3 is 0 Å². The summed E-state index contributed by atoms with van der Waals surface area (Å²) in [6.45, 7) is 9.76. The highest BCUT2D eigenvalue weighted by molar-refractivity contribution is 5.51. The van der Waals surface area contributed by atoms with Gasteiger partial charge in [-0.05, 0) is 53.3 Å². The molecular weight excluding hydrogens is 260 g/mol. The Kier molecular flexibility index (Phi) is 5.22. The fourth-order valence-corrected chi connectivity index (χ4v) is 2.91. The van der Waals surface area contributed by atoms with Crippen molar-refractivity contribution in [3.05, 3.63) is 24.0 Å². The van der Waals surface area contributed by atoms with Gasteiger partial charge in [0, 0.05) is 55.4 Å². The van der Waals surface area contributed by atoms with E-state index in [4.69, 9.17) is 0 Å². The van der Waals surface area contributed by atoms with E-state index in [9.17, 15) is 0 Å². The van der Waals surface area contributed by atoms with Crippen LogP contribution >= 0.6 is 0 Å². The summed E-state index contributed by atoms with van der Waals surface area (Å²) in [4.78, 5) is 9.16. The van der Waals surface area contributed by atoms with E-state index in [1.54, 1.807) is 0 Å². The van der Waals surface area contributed by atoms with Crippen LogP contribution < -0.4 is 10.2 Å². The summed E-state index contributed by atoms with van der Waals surface area (Å²) in [7, 11) is 4.43. The highest BCUT2D eigenvalue weighted by Gasteiger charge is 2.23. The molecule has 2 heterocycles. The first-order valence-corrected chi connectivity index (χ1v) is 7.96. The Balaban J connectivity index is 2.04. The molecule has 4 nitrogen and oxygen atoms in total. The maximum atomic E-state index is 4.30. The van der Waals surface area contributed by atoms with Crippen molar-refractivity contribution in [2.45, 2.75) is 51.7 Å². The number of anilines is 1. The van der Waals surface area contributed by atoms with E-state index in [1.807, 2.05) is 12.4 Å². The second kappa shape index (κ2) is 6.75. The molecule has 0 bridgehead atoms. The number of rotatable bonds is 5. The van der Waals surface area contributed by atoms with E-state index in [0.29, 0.717) is 6.04 Å². The Bertz CT molecular complexity index is 452. The minimum Gasteiger partial charge on any atom is -0.373 e. The quantitative estimate of drug-likeness (QED) is 0.903. The van der Waals surface area contributed by atoms with Crippen molar-refractivity contribution in [2.75, 3.05) is 32.1 Å². The number of nitrogens with zero attached hydrogens (tertiary/aromatic N) is 3. The van der Waals surface area contributed by atoms with Crippen molar-refractivity contribution in [3.63, 3.8) is 0 Å². The van der Waals surface area contributed by atoms with Crippen LogP contribution in [0.25, 0.3) is 0 Å². The van der Waals surface area contributed by atoms with E-state index in [0.717, 1.165) is 13.1 Å². The van der Waals surface area contributed by atoms with Gasteiger partial charge in [0.2, 0.25) is 0 Å². The largest absolute Gasteiger partial charge is 0.373 e. The number of likely N-dealkylation sites (tertiary alicyclic amines) is 1. The van der Waals surface area contributed by atoms with Gasteiger partial charge in [0.05, 0.1) is 0 Å². The lowest BCUT2D eigenvalue weighted by molar-refractivity contribution is 0.314. The zero-order chi connectivity index (χ0) is 15.5. The van der Waals surface area contributed by atoms with Gasteiger partial charge in [0.1, 0.15) is 0 Å². The van der Waals surface area contributed by atoms with Crippen LogP contribution in [-0.4, -0.2) is 48.6 Å². The number of likely N-dealkylation sites (N-methyl/N-ethyl adjacent to an activating group) is 2. The number of pyridine rings is 1. The van der Waals surface area contributed by atoms with Gasteiger partial charge in [-0.25, -0.2) is 0 Å². The summed E-state index contributed by atoms with van der Waals surface area (Å²) < 4.78 is 0. The van der Waals surface area contributed by atoms with Gasteiger partial charge in [-0.15, -0.1) is 0 Å². The summed E-state index contributed by atoms with van der Waals surface area (Å²) >= 11 is 0. The van der Waals surface area contributed by atoms with Gasteiger partial charge in [0.15, 0.2) is 0 Å². The third-order valence-corrected chi connectivity index (χ3v) is 4.25. The molecular formula is C17H30N4. The Labute approximate surface area is 129 Å². The fourth-order valence-electron chi connectivity index (χ4n) is 2.91. The van der Waals surface area contributed by atoms with Gasteiger partial charge in [-0.1, -0.05) is 0 Å². The molecule has 1 aliphatic rings. The van der Waals surface area contributed by atoms with Crippen molar-refractivity contribution >= 4 is 5.69 Å². The topological polar surface area (TPSA) is 31.4 Å². The minimum absolute atomic E-state index is 0.122. The predicted molar refractivity (Wildman–Crippen MR) is 89.8 cm³/mol. The van der Waals surface area contributed by atoms with Crippen LogP contribution in [0.3, 0.4) is 0 Å². The fraction of sp³-hybridized carbons (Fsp3) is 0.706. The zero-order valence-corrected chi connectivity index (χ0v) is 14.2. The van der Waals surface area contributed by atoms with Gasteiger partial charge < -0.3 is 15.1 Å². The molecule has 0 spiro atoms. The second-order valence-electron chi connectivity index (χ2n) is 7.27. The lowest BCUT2D eigenvalue weighted by Gasteiger charge is -2.29. The normalized spacial score (nSPS) is 20.0. The highest BCUT2D eigenvalue weighted by atomic mass is 15.2. The summed E-state index contributed by atoms with van der Waals surface area (Å²) in [5.74, 6) is 0. The van der Waals surface area contributed by atoms with Crippen LogP contribution in [0, 0.1) is 0 Å². The Hall–Kier alpha value is -1.13. The maximum Gasteiger partial charge on any atom is 0.0440 e. The molecule has 0 radical (unpaired) electrons. The van der Waals surface area contributed by atoms with Crippen molar-refractivity contribution in [2.24, 2.45) is 0 Å². The lowest BCUT2D eigenvalue weighted by Crippen LogP contribution is -2.38. The molecule has 1 unspecified atom stereocenters. The van der Waals surface area contributed by atoms with Crippen LogP contribution in [0.4, 0.5) is 5.69 Å². The predicted octanol–water partition coefficient (Wildman–Crippen LogP) is 2.50. The molecule has 1 saturated heterocycles. The molecule has 1 atom stereocenters. The molecule has 1 aliphatic heterocycles. The zero-order valence-electron chi connectivity index (χ0n) is 14.2. The molecule has 2 rings (SSSR count). The molecule has 0 aromatic carbocycles. The molecule has 1 fully saturated rings. The number of hydrogen-bond donors (Lipinski definition) is 1. The first-order valence-electron chi connectivity index (χ1n) is 7.96. The maximum absolute atomic E-state index is 4.30. The lowest BCUT2D eigenvalue weighted by atomic mass is 10.1. The average molecular weight is 290 g/mol. The first-order chi connectivity index (χ1) is 9.87. The van der Waals surface area contributed by atoms with E-state index in [-0.39, 0.29) is 5.54 Å². The Morgan fingerprint density at radius 3 is 2.81 bits per heavy atom. The van der Waals surface area contributed by atoms with Crippen molar-refractivity contribution < 1.29 is 0 Å². The van der Waals surface area contributed by atoms with E-state index in [2.05, 4.69) is 61.0 Å². The summed E-state index contributed by atoms with van der Waals surface area (Å²) in [5, 5.41) is 3.56. The minimum atomic E-state index is 0.122. The van der Waals surface area contributed by atoms with Crippen molar-refractivity contribution in [1.82, 2.24) is 15.2 Å². The molecule has 4 heteroatoms. The molecule has 1 N–H and O–H groups in total. The molecule has 0 saturated carbocycles. The van der Waals surface area contributed by atoms with Crippen molar-refractivity contribution in [3.8, 4) is 0 Å². The molecule has 1 aromatic rings. The molecule has 118 valence electrons. The third kappa shape index (κ3) is 4.68. The Morgan fingerprint density at radius 1 is 1.43 bits per heavy atom. The van der Waals surface area contributed by atoms with Gasteiger partial charge in [-0.3, -0.25) is 4.98 Å². The molecule has 0 amide bonds. The highest BCUT2D eigenvalue weighted by Crippen LogP contribution is 2.22. The molecule has 1 aromatic heterocycles. The van der Waals surface area contributed by atoms with Crippen LogP contribution in [-0.2, 0) is 6.54 Å². The third-order valence-electron chi connectivity index (χ3n) is 4.25. The van der Waals surface area contributed by atoms with Crippen LogP contribution in [0.2, 0.25) is 0 Å². The number of aromatic nitrogens is 1. The van der Waals surface area contributed by atoms with E-state index in [1.165, 1.54) is 30.6 Å². The summed E-state index contributed by atoms with van der Waals surface area (Å²) in [6, 6.07) is 2.81. The monoisotopic (exact) mass is 290 g/mol. The first kappa shape index (κ1) is 16.2. The number of nitrogens with one attached hydrogen (secondary N) is 1. The second-order valence-corrected chi connectivity index (χ2v) is 7.27.